The van der Waals surface area contributed by atoms with Crippen LogP contribution in [-0.4, -0.2) is 40.2 Å². The molecule has 0 aliphatic carbocycles. The highest BCUT2D eigenvalue weighted by atomic mass is 19.2. The molecule has 1 heterocycles. The van der Waals surface area contributed by atoms with Crippen LogP contribution >= 0.6 is 0 Å². The van der Waals surface area contributed by atoms with Crippen LogP contribution in [0, 0.1) is 17.5 Å². The fraction of sp³-hybridized carbons (Fsp3) is 0.304. The largest absolute Gasteiger partial charge is 0.325 e. The molecule has 3 aromatic rings. The van der Waals surface area contributed by atoms with Crippen molar-refractivity contribution in [1.82, 2.24) is 14.7 Å². The summed E-state index contributed by atoms with van der Waals surface area (Å²) in [5, 5.41) is 7.12. The molecule has 0 aliphatic rings. The number of aryl methyl sites for hydroxylation is 2. The fourth-order valence-electron chi connectivity index (χ4n) is 3.26. The van der Waals surface area contributed by atoms with E-state index in [2.05, 4.69) is 10.4 Å². The number of hydrogen-bond acceptors (Lipinski definition) is 3. The zero-order valence-corrected chi connectivity index (χ0v) is 17.7. The summed E-state index contributed by atoms with van der Waals surface area (Å²) >= 11 is 0. The number of hydrogen-bond donors (Lipinski definition) is 1. The lowest BCUT2D eigenvalue weighted by atomic mass is 10.1. The number of amides is 1. The maximum Gasteiger partial charge on any atom is 0.241 e. The number of likely N-dealkylation sites (N-methyl/N-ethyl adjacent to an activating group) is 1. The molecule has 0 fully saturated rings. The average Bonchev–Trinajstić information content (AvgIpc) is 3.11. The molecule has 0 radical (unpaired) electrons. The quantitative estimate of drug-likeness (QED) is 0.577. The SMILES string of the molecule is C[C@H](C(=O)Nc1ccc(F)c(F)c1)N(C)CCCc1cc(-c2ccc(F)cc2)n(C)n1. The standard InChI is InChI=1S/C23H25F3N4O/c1-15(23(31)27-18-10-11-20(25)21(26)13-18)29(2)12-4-5-19-14-22(30(3)28-19)16-6-8-17(24)9-7-16/h6-11,13-15H,4-5,12H2,1-3H3,(H,27,31)/t15-/m1/s1. The van der Waals surface area contributed by atoms with Gasteiger partial charge in [0.25, 0.3) is 0 Å². The van der Waals surface area contributed by atoms with Gasteiger partial charge in [-0.3, -0.25) is 14.4 Å². The maximum absolute atomic E-state index is 13.3. The number of benzene rings is 2. The second kappa shape index (κ2) is 9.78. The van der Waals surface area contributed by atoms with Gasteiger partial charge in [-0.15, -0.1) is 0 Å². The summed E-state index contributed by atoms with van der Waals surface area (Å²) < 4.78 is 41.2. The lowest BCUT2D eigenvalue weighted by Crippen LogP contribution is -2.40. The number of nitrogens with zero attached hydrogens (tertiary/aromatic N) is 3. The summed E-state index contributed by atoms with van der Waals surface area (Å²) in [4.78, 5) is 14.3. The number of rotatable bonds is 8. The first kappa shape index (κ1) is 22.6. The Bertz CT molecular complexity index is 1050. The highest BCUT2D eigenvalue weighted by Crippen LogP contribution is 2.21. The molecule has 1 aromatic heterocycles. The number of carbonyl (C=O) groups excluding carboxylic acids is 1. The van der Waals surface area contributed by atoms with Crippen molar-refractivity contribution in [2.45, 2.75) is 25.8 Å². The molecule has 31 heavy (non-hydrogen) atoms. The fourth-order valence-corrected chi connectivity index (χ4v) is 3.26. The molecule has 0 saturated heterocycles. The highest BCUT2D eigenvalue weighted by Gasteiger charge is 2.18. The normalized spacial score (nSPS) is 12.2. The van der Waals surface area contributed by atoms with Crippen LogP contribution in [0.1, 0.15) is 19.0 Å². The van der Waals surface area contributed by atoms with Gasteiger partial charge in [0.15, 0.2) is 11.6 Å². The molecule has 2 aromatic carbocycles. The molecule has 1 amide bonds. The van der Waals surface area contributed by atoms with E-state index in [1.54, 1.807) is 23.7 Å². The number of carbonyl (C=O) groups is 1. The van der Waals surface area contributed by atoms with E-state index in [1.807, 2.05) is 25.1 Å². The minimum atomic E-state index is -1.01. The number of aromatic nitrogens is 2. The predicted octanol–water partition coefficient (Wildman–Crippen LogP) is 4.40. The zero-order valence-electron chi connectivity index (χ0n) is 17.7. The van der Waals surface area contributed by atoms with Crippen molar-refractivity contribution in [2.75, 3.05) is 18.9 Å². The topological polar surface area (TPSA) is 50.2 Å². The Balaban J connectivity index is 1.51. The summed E-state index contributed by atoms with van der Waals surface area (Å²) in [7, 11) is 3.68. The Morgan fingerprint density at radius 2 is 1.81 bits per heavy atom. The number of halogens is 3. The van der Waals surface area contributed by atoms with Gasteiger partial charge in [-0.1, -0.05) is 0 Å². The molecule has 1 atom stereocenters. The van der Waals surface area contributed by atoms with Crippen molar-refractivity contribution >= 4 is 11.6 Å². The lowest BCUT2D eigenvalue weighted by Gasteiger charge is -2.23. The van der Waals surface area contributed by atoms with Crippen molar-refractivity contribution in [1.29, 1.82) is 0 Å². The van der Waals surface area contributed by atoms with Crippen LogP contribution in [0.5, 0.6) is 0 Å². The number of anilines is 1. The van der Waals surface area contributed by atoms with E-state index in [9.17, 15) is 18.0 Å². The van der Waals surface area contributed by atoms with Gasteiger partial charge in [-0.2, -0.15) is 5.10 Å². The monoisotopic (exact) mass is 430 g/mol. The van der Waals surface area contributed by atoms with E-state index in [-0.39, 0.29) is 17.4 Å². The number of nitrogens with one attached hydrogen (secondary N) is 1. The molecule has 3 rings (SSSR count). The molecule has 0 bridgehead atoms. The van der Waals surface area contributed by atoms with Crippen LogP contribution in [0.3, 0.4) is 0 Å². The minimum absolute atomic E-state index is 0.214. The van der Waals surface area contributed by atoms with Gasteiger partial charge in [-0.05, 0) is 81.4 Å². The van der Waals surface area contributed by atoms with Crippen molar-refractivity contribution in [3.8, 4) is 11.3 Å². The molecule has 8 heteroatoms. The first-order valence-corrected chi connectivity index (χ1v) is 9.99. The first-order chi connectivity index (χ1) is 14.7. The van der Waals surface area contributed by atoms with E-state index in [0.717, 1.165) is 41.9 Å². The Kier molecular flexibility index (Phi) is 7.12. The summed E-state index contributed by atoms with van der Waals surface area (Å²) in [6, 6.07) is 11.1. The van der Waals surface area contributed by atoms with Crippen LogP contribution in [0.15, 0.2) is 48.5 Å². The van der Waals surface area contributed by atoms with E-state index in [0.29, 0.717) is 6.54 Å². The van der Waals surface area contributed by atoms with Crippen LogP contribution in [0.4, 0.5) is 18.9 Å². The zero-order chi connectivity index (χ0) is 22.5. The van der Waals surface area contributed by atoms with Gasteiger partial charge >= 0.3 is 0 Å². The molecule has 5 nitrogen and oxygen atoms in total. The van der Waals surface area contributed by atoms with Gasteiger partial charge in [0.2, 0.25) is 5.91 Å². The molecule has 164 valence electrons. The van der Waals surface area contributed by atoms with E-state index in [1.165, 1.54) is 18.2 Å². The highest BCUT2D eigenvalue weighted by molar-refractivity contribution is 5.94. The van der Waals surface area contributed by atoms with Crippen LogP contribution in [0.25, 0.3) is 11.3 Å². The van der Waals surface area contributed by atoms with Crippen molar-refractivity contribution in [3.05, 3.63) is 71.7 Å². The third-order valence-electron chi connectivity index (χ3n) is 5.24. The summed E-state index contributed by atoms with van der Waals surface area (Å²) in [6.07, 6.45) is 1.50. The van der Waals surface area contributed by atoms with Crippen LogP contribution < -0.4 is 5.32 Å². The second-order valence-electron chi connectivity index (χ2n) is 7.53. The van der Waals surface area contributed by atoms with E-state index < -0.39 is 17.7 Å². The smallest absolute Gasteiger partial charge is 0.241 e. The van der Waals surface area contributed by atoms with Gasteiger partial charge in [0.1, 0.15) is 5.82 Å². The third-order valence-corrected chi connectivity index (χ3v) is 5.24. The van der Waals surface area contributed by atoms with Crippen molar-refractivity contribution < 1.29 is 18.0 Å². The van der Waals surface area contributed by atoms with Crippen LogP contribution in [-0.2, 0) is 18.3 Å². The molecule has 1 N–H and O–H groups in total. The Hall–Kier alpha value is -3.13. The summed E-state index contributed by atoms with van der Waals surface area (Å²) in [6.45, 7) is 2.40. The van der Waals surface area contributed by atoms with E-state index in [4.69, 9.17) is 0 Å². The average molecular weight is 430 g/mol. The van der Waals surface area contributed by atoms with Crippen LogP contribution in [0.2, 0.25) is 0 Å². The molecular formula is C23H25F3N4O. The minimum Gasteiger partial charge on any atom is -0.325 e. The Morgan fingerprint density at radius 3 is 2.48 bits per heavy atom. The first-order valence-electron chi connectivity index (χ1n) is 9.99. The Morgan fingerprint density at radius 1 is 1.10 bits per heavy atom. The maximum atomic E-state index is 13.3. The lowest BCUT2D eigenvalue weighted by molar-refractivity contribution is -0.120. The molecule has 0 unspecified atom stereocenters. The molecular weight excluding hydrogens is 405 g/mol. The van der Waals surface area contributed by atoms with Crippen molar-refractivity contribution in [3.63, 3.8) is 0 Å². The second-order valence-corrected chi connectivity index (χ2v) is 7.53. The van der Waals surface area contributed by atoms with Crippen molar-refractivity contribution in [2.24, 2.45) is 7.05 Å². The molecule has 0 spiro atoms. The summed E-state index contributed by atoms with van der Waals surface area (Å²) in [5.41, 5.74) is 2.92. The predicted molar refractivity (Wildman–Crippen MR) is 114 cm³/mol. The van der Waals surface area contributed by atoms with Gasteiger partial charge < -0.3 is 5.32 Å². The van der Waals surface area contributed by atoms with Gasteiger partial charge in [0.05, 0.1) is 17.4 Å². The summed E-state index contributed by atoms with van der Waals surface area (Å²) in [5.74, 6) is -2.55. The molecule has 0 aliphatic heterocycles. The van der Waals surface area contributed by atoms with Gasteiger partial charge in [0, 0.05) is 18.8 Å². The third kappa shape index (κ3) is 5.73. The Labute approximate surface area is 179 Å². The molecule has 0 saturated carbocycles. The van der Waals surface area contributed by atoms with Gasteiger partial charge in [-0.25, -0.2) is 13.2 Å². The van der Waals surface area contributed by atoms with E-state index >= 15 is 0 Å².